The van der Waals surface area contributed by atoms with Crippen LogP contribution >= 0.6 is 8.58 Å². The largest absolute Gasteiger partial charge is 0.507 e. The van der Waals surface area contributed by atoms with Crippen molar-refractivity contribution in [3.05, 3.63) is 52.6 Å². The molecule has 0 aliphatic carbocycles. The lowest BCUT2D eigenvalue weighted by atomic mass is 10.1. The number of benzene rings is 2. The molecule has 0 aliphatic rings. The third-order valence-electron chi connectivity index (χ3n) is 3.43. The van der Waals surface area contributed by atoms with Crippen LogP contribution in [0.1, 0.15) is 22.3 Å². The van der Waals surface area contributed by atoms with Gasteiger partial charge >= 0.3 is 0 Å². The van der Waals surface area contributed by atoms with Gasteiger partial charge in [-0.2, -0.15) is 0 Å². The molecule has 0 bridgehead atoms. The molecule has 0 radical (unpaired) electrons. The van der Waals surface area contributed by atoms with Crippen molar-refractivity contribution in [3.8, 4) is 5.75 Å². The fourth-order valence-corrected chi connectivity index (χ4v) is 3.93. The minimum atomic E-state index is 0.438. The van der Waals surface area contributed by atoms with Crippen molar-refractivity contribution in [2.75, 3.05) is 7.05 Å². The maximum absolute atomic E-state index is 10.3. The topological polar surface area (TPSA) is 32.3 Å². The summed E-state index contributed by atoms with van der Waals surface area (Å²) in [6.07, 6.45) is 0. The van der Waals surface area contributed by atoms with E-state index < -0.39 is 0 Å². The Balaban J connectivity index is 2.44. The molecule has 2 rings (SSSR count). The Kier molecular flexibility index (Phi) is 4.80. The number of aryl methyl sites for hydroxylation is 3. The molecular weight excluding hydrogens is 265 g/mol. The fourth-order valence-electron chi connectivity index (χ4n) is 2.44. The van der Waals surface area contributed by atoms with E-state index in [9.17, 15) is 5.11 Å². The van der Waals surface area contributed by atoms with Gasteiger partial charge < -0.3 is 10.4 Å². The van der Waals surface area contributed by atoms with Gasteiger partial charge in [0.15, 0.2) is 0 Å². The predicted octanol–water partition coefficient (Wildman–Crippen LogP) is 2.67. The van der Waals surface area contributed by atoms with Crippen molar-refractivity contribution >= 4 is 19.2 Å². The quantitative estimate of drug-likeness (QED) is 0.847. The van der Waals surface area contributed by atoms with Crippen LogP contribution in [0.15, 0.2) is 30.3 Å². The van der Waals surface area contributed by atoms with E-state index in [4.69, 9.17) is 0 Å². The van der Waals surface area contributed by atoms with Gasteiger partial charge in [0.05, 0.1) is 0 Å². The third kappa shape index (κ3) is 3.20. The maximum Gasteiger partial charge on any atom is 0.126 e. The zero-order chi connectivity index (χ0) is 14.7. The van der Waals surface area contributed by atoms with E-state index in [0.29, 0.717) is 14.3 Å². The van der Waals surface area contributed by atoms with Gasteiger partial charge in [0.25, 0.3) is 0 Å². The van der Waals surface area contributed by atoms with Gasteiger partial charge in [-0.3, -0.25) is 0 Å². The van der Waals surface area contributed by atoms with Crippen molar-refractivity contribution in [2.45, 2.75) is 27.3 Å². The molecule has 1 unspecified atom stereocenters. The first kappa shape index (κ1) is 15.0. The van der Waals surface area contributed by atoms with Gasteiger partial charge in [0, 0.05) is 11.8 Å². The summed E-state index contributed by atoms with van der Waals surface area (Å²) in [7, 11) is 2.45. The summed E-state index contributed by atoms with van der Waals surface area (Å²) in [5.41, 5.74) is 4.75. The highest BCUT2D eigenvalue weighted by Crippen LogP contribution is 2.25. The molecule has 20 heavy (non-hydrogen) atoms. The van der Waals surface area contributed by atoms with Crippen molar-refractivity contribution < 1.29 is 5.11 Å². The molecular formula is C17H22NOP. The standard InChI is InChI=1S/C17H22NOP/c1-11-8-13(3)16(19)15(9-11)20-17-12(2)6-5-7-14(17)10-18-4/h5-9,18-20H,10H2,1-4H3. The van der Waals surface area contributed by atoms with Crippen molar-refractivity contribution in [1.82, 2.24) is 5.32 Å². The van der Waals surface area contributed by atoms with Gasteiger partial charge in [0.2, 0.25) is 0 Å². The third-order valence-corrected chi connectivity index (χ3v) is 5.05. The van der Waals surface area contributed by atoms with E-state index in [1.165, 1.54) is 22.0 Å². The molecule has 0 fully saturated rings. The van der Waals surface area contributed by atoms with Crippen LogP contribution < -0.4 is 15.9 Å². The smallest absolute Gasteiger partial charge is 0.126 e. The average molecular weight is 287 g/mol. The first-order valence-corrected chi connectivity index (χ1v) is 7.83. The fraction of sp³-hybridized carbons (Fsp3) is 0.294. The zero-order valence-corrected chi connectivity index (χ0v) is 13.5. The van der Waals surface area contributed by atoms with E-state index in [-0.39, 0.29) is 0 Å². The average Bonchev–Trinajstić information content (AvgIpc) is 2.39. The van der Waals surface area contributed by atoms with Gasteiger partial charge in [-0.05, 0) is 61.4 Å². The highest BCUT2D eigenvalue weighted by molar-refractivity contribution is 7.56. The van der Waals surface area contributed by atoms with Crippen LogP contribution in [0.5, 0.6) is 5.75 Å². The lowest BCUT2D eigenvalue weighted by Gasteiger charge is -2.15. The van der Waals surface area contributed by atoms with Crippen LogP contribution in [0.4, 0.5) is 0 Å². The maximum atomic E-state index is 10.3. The SMILES string of the molecule is CNCc1cccc(C)c1Pc1cc(C)cc(C)c1O. The summed E-state index contributed by atoms with van der Waals surface area (Å²) in [4.78, 5) is 0. The van der Waals surface area contributed by atoms with Crippen molar-refractivity contribution in [3.63, 3.8) is 0 Å². The van der Waals surface area contributed by atoms with Gasteiger partial charge in [-0.1, -0.05) is 32.8 Å². The van der Waals surface area contributed by atoms with Gasteiger partial charge in [0.1, 0.15) is 5.75 Å². The molecule has 0 saturated carbocycles. The second-order valence-corrected chi connectivity index (χ2v) is 6.53. The number of hydrogen-bond donors (Lipinski definition) is 2. The number of aromatic hydroxyl groups is 1. The summed E-state index contributed by atoms with van der Waals surface area (Å²) < 4.78 is 0. The Morgan fingerprint density at radius 2 is 1.85 bits per heavy atom. The van der Waals surface area contributed by atoms with Crippen LogP contribution in [0.2, 0.25) is 0 Å². The van der Waals surface area contributed by atoms with Crippen LogP contribution in [0.25, 0.3) is 0 Å². The van der Waals surface area contributed by atoms with E-state index >= 15 is 0 Å². The summed E-state index contributed by atoms with van der Waals surface area (Å²) in [5, 5.41) is 15.9. The molecule has 0 amide bonds. The van der Waals surface area contributed by atoms with E-state index in [2.05, 4.69) is 43.4 Å². The summed E-state index contributed by atoms with van der Waals surface area (Å²) in [6.45, 7) is 7.03. The lowest BCUT2D eigenvalue weighted by Crippen LogP contribution is -2.18. The molecule has 0 aliphatic heterocycles. The van der Waals surface area contributed by atoms with Crippen LogP contribution in [-0.2, 0) is 6.54 Å². The number of phenolic OH excluding ortho intramolecular Hbond substituents is 1. The minimum absolute atomic E-state index is 0.438. The lowest BCUT2D eigenvalue weighted by molar-refractivity contribution is 0.475. The Morgan fingerprint density at radius 1 is 1.10 bits per heavy atom. The van der Waals surface area contributed by atoms with Gasteiger partial charge in [-0.25, -0.2) is 0 Å². The molecule has 2 aromatic carbocycles. The van der Waals surface area contributed by atoms with Crippen LogP contribution in [-0.4, -0.2) is 12.2 Å². The minimum Gasteiger partial charge on any atom is -0.507 e. The molecule has 2 nitrogen and oxygen atoms in total. The molecule has 1 atom stereocenters. The Hall–Kier alpha value is -1.37. The predicted molar refractivity (Wildman–Crippen MR) is 89.1 cm³/mol. The van der Waals surface area contributed by atoms with Crippen molar-refractivity contribution in [1.29, 1.82) is 0 Å². The van der Waals surface area contributed by atoms with Crippen LogP contribution in [0, 0.1) is 20.8 Å². The molecule has 0 saturated heterocycles. The number of hydrogen-bond acceptors (Lipinski definition) is 2. The first-order chi connectivity index (χ1) is 9.52. The van der Waals surface area contributed by atoms with E-state index in [1.807, 2.05) is 20.0 Å². The summed E-state index contributed by atoms with van der Waals surface area (Å²) in [6, 6.07) is 10.5. The zero-order valence-electron chi connectivity index (χ0n) is 12.5. The van der Waals surface area contributed by atoms with E-state index in [1.54, 1.807) is 0 Å². The molecule has 0 heterocycles. The molecule has 106 valence electrons. The molecule has 2 N–H and O–H groups in total. The summed E-state index contributed by atoms with van der Waals surface area (Å²) in [5.74, 6) is 0.438. The second kappa shape index (κ2) is 6.39. The molecule has 3 heteroatoms. The van der Waals surface area contributed by atoms with E-state index in [0.717, 1.165) is 17.4 Å². The Labute approximate surface area is 123 Å². The number of phenols is 1. The van der Waals surface area contributed by atoms with Crippen molar-refractivity contribution in [2.24, 2.45) is 0 Å². The first-order valence-electron chi connectivity index (χ1n) is 6.83. The monoisotopic (exact) mass is 287 g/mol. The van der Waals surface area contributed by atoms with Crippen LogP contribution in [0.3, 0.4) is 0 Å². The molecule has 0 aromatic heterocycles. The number of rotatable bonds is 4. The highest BCUT2D eigenvalue weighted by Gasteiger charge is 2.11. The highest BCUT2D eigenvalue weighted by atomic mass is 31.1. The van der Waals surface area contributed by atoms with Gasteiger partial charge in [-0.15, -0.1) is 0 Å². The normalized spacial score (nSPS) is 11.4. The molecule has 2 aromatic rings. The summed E-state index contributed by atoms with van der Waals surface area (Å²) >= 11 is 0. The number of nitrogens with one attached hydrogen (secondary N) is 1. The molecule has 0 spiro atoms. The second-order valence-electron chi connectivity index (χ2n) is 5.24. The Morgan fingerprint density at radius 3 is 2.55 bits per heavy atom. The Bertz CT molecular complexity index is 623.